The van der Waals surface area contributed by atoms with E-state index in [-0.39, 0.29) is 5.78 Å². The highest BCUT2D eigenvalue weighted by atomic mass is 32.1. The molecule has 0 saturated carbocycles. The van der Waals surface area contributed by atoms with Crippen LogP contribution in [-0.4, -0.2) is 68.1 Å². The number of likely N-dealkylation sites (N-methyl/N-ethyl adjacent to an activating group) is 1. The molecule has 6 rings (SSSR count). The normalized spacial score (nSPS) is 11.6. The number of aromatic nitrogens is 6. The zero-order chi connectivity index (χ0) is 26.2. The molecule has 0 fully saturated rings. The summed E-state index contributed by atoms with van der Waals surface area (Å²) in [7, 11) is 4.02. The topological polar surface area (TPSA) is 113 Å². The van der Waals surface area contributed by atoms with Crippen LogP contribution in [0.3, 0.4) is 0 Å². The van der Waals surface area contributed by atoms with Gasteiger partial charge in [-0.15, -0.1) is 11.3 Å². The minimum Gasteiger partial charge on any atom is -0.491 e. The van der Waals surface area contributed by atoms with Gasteiger partial charge in [-0.1, -0.05) is 0 Å². The van der Waals surface area contributed by atoms with Crippen molar-refractivity contribution in [2.24, 2.45) is 0 Å². The van der Waals surface area contributed by atoms with E-state index in [9.17, 15) is 4.79 Å². The molecular formula is C28H25N7O2S. The van der Waals surface area contributed by atoms with Gasteiger partial charge in [0.2, 0.25) is 0 Å². The second-order valence-electron chi connectivity index (χ2n) is 9.30. The Morgan fingerprint density at radius 1 is 1.00 bits per heavy atom. The van der Waals surface area contributed by atoms with Gasteiger partial charge < -0.3 is 14.6 Å². The fraction of sp³-hybridized carbons (Fsp3) is 0.179. The Labute approximate surface area is 222 Å². The molecule has 0 aliphatic heterocycles. The van der Waals surface area contributed by atoms with Crippen LogP contribution in [0.1, 0.15) is 16.6 Å². The van der Waals surface area contributed by atoms with E-state index in [0.717, 1.165) is 60.7 Å². The second kappa shape index (κ2) is 9.81. The number of ether oxygens (including phenoxy) is 1. The molecule has 190 valence electrons. The van der Waals surface area contributed by atoms with Crippen LogP contribution in [0.2, 0.25) is 0 Å². The Morgan fingerprint density at radius 2 is 1.84 bits per heavy atom. The van der Waals surface area contributed by atoms with Crippen LogP contribution in [0.5, 0.6) is 5.75 Å². The maximum Gasteiger partial charge on any atom is 0.169 e. The van der Waals surface area contributed by atoms with E-state index >= 15 is 0 Å². The number of aromatic amines is 2. The van der Waals surface area contributed by atoms with E-state index in [0.29, 0.717) is 18.0 Å². The lowest BCUT2D eigenvalue weighted by Crippen LogP contribution is -2.19. The molecule has 0 amide bonds. The Morgan fingerprint density at radius 3 is 2.66 bits per heavy atom. The summed E-state index contributed by atoms with van der Waals surface area (Å²) in [6.07, 6.45) is 8.96. The van der Waals surface area contributed by atoms with Crippen LogP contribution in [0, 0.1) is 0 Å². The number of fused-ring (bicyclic) bond motifs is 2. The van der Waals surface area contributed by atoms with Crippen molar-refractivity contribution in [2.45, 2.75) is 6.92 Å². The highest BCUT2D eigenvalue weighted by molar-refractivity contribution is 7.17. The molecule has 2 N–H and O–H groups in total. The molecule has 9 nitrogen and oxygen atoms in total. The summed E-state index contributed by atoms with van der Waals surface area (Å²) < 4.78 is 5.87. The predicted molar refractivity (Wildman–Crippen MR) is 150 cm³/mol. The van der Waals surface area contributed by atoms with Crippen molar-refractivity contribution in [3.05, 3.63) is 66.2 Å². The third-order valence-electron chi connectivity index (χ3n) is 6.29. The summed E-state index contributed by atoms with van der Waals surface area (Å²) in [5.41, 5.74) is 5.99. The predicted octanol–water partition coefficient (Wildman–Crippen LogP) is 5.43. The van der Waals surface area contributed by atoms with Crippen LogP contribution in [0.4, 0.5) is 0 Å². The number of Topliss-reactive ketones (excluding diaryl/α,β-unsaturated/α-hetero) is 1. The molecule has 38 heavy (non-hydrogen) atoms. The van der Waals surface area contributed by atoms with Gasteiger partial charge in [0.05, 0.1) is 28.5 Å². The summed E-state index contributed by atoms with van der Waals surface area (Å²) in [4.78, 5) is 32.5. The lowest BCUT2D eigenvalue weighted by molar-refractivity contribution is 0.102. The van der Waals surface area contributed by atoms with Crippen molar-refractivity contribution in [1.29, 1.82) is 0 Å². The quantitative estimate of drug-likeness (QED) is 0.256. The summed E-state index contributed by atoms with van der Waals surface area (Å²) >= 11 is 1.47. The average molecular weight is 524 g/mol. The SMILES string of the molecule is CC(=O)c1ccc(-c2cncc3[nH]c(-c4n[nH]c5ncc(-c6cncc(OCCN(C)C)c6)cc45)cc23)s1. The summed E-state index contributed by atoms with van der Waals surface area (Å²) in [6.45, 7) is 2.99. The zero-order valence-electron chi connectivity index (χ0n) is 21.1. The van der Waals surface area contributed by atoms with Gasteiger partial charge in [-0.05, 0) is 51.4 Å². The number of thiophene rings is 1. The van der Waals surface area contributed by atoms with E-state index in [2.05, 4.69) is 47.2 Å². The summed E-state index contributed by atoms with van der Waals surface area (Å²) in [5, 5.41) is 9.52. The standard InChI is InChI=1S/C28H25N7O2S/c1-16(36)25-4-5-26(38-25)22-14-30-15-24-20(22)10-23(32-24)27-21-9-18(12-31-28(21)34-33-27)17-8-19(13-29-11-17)37-7-6-35(2)3/h4-5,8-15,32H,6-7H2,1-3H3,(H,31,33,34). The van der Waals surface area contributed by atoms with Crippen molar-refractivity contribution in [3.63, 3.8) is 0 Å². The molecule has 0 saturated heterocycles. The van der Waals surface area contributed by atoms with Crippen molar-refractivity contribution in [1.82, 2.24) is 35.0 Å². The van der Waals surface area contributed by atoms with Crippen molar-refractivity contribution in [3.8, 4) is 38.7 Å². The van der Waals surface area contributed by atoms with E-state index in [1.807, 2.05) is 44.7 Å². The van der Waals surface area contributed by atoms with Crippen LogP contribution >= 0.6 is 11.3 Å². The first-order valence-electron chi connectivity index (χ1n) is 12.1. The lowest BCUT2D eigenvalue weighted by Gasteiger charge is -2.11. The molecule has 0 aliphatic carbocycles. The second-order valence-corrected chi connectivity index (χ2v) is 10.4. The Kier molecular flexibility index (Phi) is 6.18. The summed E-state index contributed by atoms with van der Waals surface area (Å²) in [6, 6.07) is 9.94. The number of H-pyrrole nitrogens is 2. The molecule has 0 spiro atoms. The number of carbonyl (C=O) groups is 1. The summed E-state index contributed by atoms with van der Waals surface area (Å²) in [5.74, 6) is 0.775. The minimum atomic E-state index is 0.0586. The minimum absolute atomic E-state index is 0.0586. The van der Waals surface area contributed by atoms with Crippen molar-refractivity contribution < 1.29 is 9.53 Å². The van der Waals surface area contributed by atoms with Gasteiger partial charge in [0, 0.05) is 57.5 Å². The number of nitrogens with one attached hydrogen (secondary N) is 2. The monoisotopic (exact) mass is 523 g/mol. The zero-order valence-corrected chi connectivity index (χ0v) is 22.0. The number of carbonyl (C=O) groups excluding carboxylic acids is 1. The molecular weight excluding hydrogens is 498 g/mol. The first kappa shape index (κ1) is 24.0. The molecule has 0 bridgehead atoms. The fourth-order valence-corrected chi connectivity index (χ4v) is 5.24. The maximum atomic E-state index is 11.8. The molecule has 10 heteroatoms. The Bertz CT molecular complexity index is 1780. The van der Waals surface area contributed by atoms with Crippen LogP contribution < -0.4 is 4.74 Å². The van der Waals surface area contributed by atoms with E-state index in [1.54, 1.807) is 25.5 Å². The van der Waals surface area contributed by atoms with Crippen LogP contribution in [-0.2, 0) is 0 Å². The molecule has 0 unspecified atom stereocenters. The van der Waals surface area contributed by atoms with E-state index in [1.165, 1.54) is 11.3 Å². The third kappa shape index (κ3) is 4.55. The third-order valence-corrected chi connectivity index (χ3v) is 7.51. The van der Waals surface area contributed by atoms with Gasteiger partial charge in [0.1, 0.15) is 18.1 Å². The van der Waals surface area contributed by atoms with E-state index in [4.69, 9.17) is 4.74 Å². The van der Waals surface area contributed by atoms with Gasteiger partial charge >= 0.3 is 0 Å². The highest BCUT2D eigenvalue weighted by Crippen LogP contribution is 2.37. The maximum absolute atomic E-state index is 11.8. The number of rotatable bonds is 8. The largest absolute Gasteiger partial charge is 0.491 e. The molecule has 6 heterocycles. The van der Waals surface area contributed by atoms with Gasteiger partial charge in [0.25, 0.3) is 0 Å². The van der Waals surface area contributed by atoms with Gasteiger partial charge in [-0.2, -0.15) is 5.10 Å². The first-order valence-corrected chi connectivity index (χ1v) is 12.9. The number of hydrogen-bond acceptors (Lipinski definition) is 8. The molecule has 0 aromatic carbocycles. The number of nitrogens with zero attached hydrogens (tertiary/aromatic N) is 5. The Balaban J connectivity index is 1.37. The lowest BCUT2D eigenvalue weighted by atomic mass is 10.1. The van der Waals surface area contributed by atoms with Crippen LogP contribution in [0.15, 0.2) is 61.3 Å². The van der Waals surface area contributed by atoms with Crippen LogP contribution in [0.25, 0.3) is 54.9 Å². The Hall–Kier alpha value is -4.41. The molecule has 0 atom stereocenters. The fourth-order valence-electron chi connectivity index (χ4n) is 4.32. The van der Waals surface area contributed by atoms with Gasteiger partial charge in [-0.25, -0.2) is 4.98 Å². The highest BCUT2D eigenvalue weighted by Gasteiger charge is 2.16. The first-order chi connectivity index (χ1) is 18.5. The molecule has 6 aromatic heterocycles. The van der Waals surface area contributed by atoms with Gasteiger partial charge in [-0.3, -0.25) is 19.9 Å². The molecule has 6 aromatic rings. The van der Waals surface area contributed by atoms with Crippen molar-refractivity contribution in [2.75, 3.05) is 27.2 Å². The number of pyridine rings is 3. The van der Waals surface area contributed by atoms with E-state index < -0.39 is 0 Å². The molecule has 0 aliphatic rings. The molecule has 0 radical (unpaired) electrons. The van der Waals surface area contributed by atoms with Crippen molar-refractivity contribution >= 4 is 39.1 Å². The number of ketones is 1. The average Bonchev–Trinajstić information content (AvgIpc) is 3.66. The van der Waals surface area contributed by atoms with Gasteiger partial charge in [0.15, 0.2) is 11.4 Å². The smallest absolute Gasteiger partial charge is 0.169 e. The number of hydrogen-bond donors (Lipinski definition) is 2.